The zero-order chi connectivity index (χ0) is 13.8. The predicted molar refractivity (Wildman–Crippen MR) is 73.2 cm³/mol. The van der Waals surface area contributed by atoms with Gasteiger partial charge in [-0.05, 0) is 25.0 Å². The van der Waals surface area contributed by atoms with Gasteiger partial charge in [-0.15, -0.1) is 0 Å². The zero-order valence-electron chi connectivity index (χ0n) is 11.5. The SMILES string of the molecule is Cc1ccccc1C(C)N1CCOCC1CC(=O)O. The third kappa shape index (κ3) is 3.33. The van der Waals surface area contributed by atoms with E-state index in [4.69, 9.17) is 9.84 Å². The van der Waals surface area contributed by atoms with Gasteiger partial charge in [-0.3, -0.25) is 9.69 Å². The van der Waals surface area contributed by atoms with E-state index in [0.717, 1.165) is 6.54 Å². The van der Waals surface area contributed by atoms with Gasteiger partial charge in [0.1, 0.15) is 0 Å². The monoisotopic (exact) mass is 263 g/mol. The lowest BCUT2D eigenvalue weighted by molar-refractivity contribution is -0.140. The van der Waals surface area contributed by atoms with Gasteiger partial charge in [-0.2, -0.15) is 0 Å². The molecular formula is C15H21NO3. The average molecular weight is 263 g/mol. The van der Waals surface area contributed by atoms with Crippen LogP contribution in [0.4, 0.5) is 0 Å². The van der Waals surface area contributed by atoms with Gasteiger partial charge in [-0.25, -0.2) is 0 Å². The Morgan fingerprint density at radius 1 is 1.53 bits per heavy atom. The van der Waals surface area contributed by atoms with Gasteiger partial charge in [0.2, 0.25) is 0 Å². The van der Waals surface area contributed by atoms with Crippen LogP contribution in [0, 0.1) is 6.92 Å². The molecule has 4 nitrogen and oxygen atoms in total. The summed E-state index contributed by atoms with van der Waals surface area (Å²) < 4.78 is 5.42. The first-order valence-electron chi connectivity index (χ1n) is 6.70. The Bertz CT molecular complexity index is 447. The number of ether oxygens (including phenoxy) is 1. The van der Waals surface area contributed by atoms with Crippen molar-refractivity contribution in [3.63, 3.8) is 0 Å². The predicted octanol–water partition coefficient (Wildman–Crippen LogP) is 2.23. The molecule has 104 valence electrons. The molecule has 1 N–H and O–H groups in total. The highest BCUT2D eigenvalue weighted by Gasteiger charge is 2.29. The summed E-state index contributed by atoms with van der Waals surface area (Å²) in [5.41, 5.74) is 2.51. The average Bonchev–Trinajstić information content (AvgIpc) is 2.38. The number of aliphatic carboxylic acids is 1. The summed E-state index contributed by atoms with van der Waals surface area (Å²) >= 11 is 0. The van der Waals surface area contributed by atoms with Gasteiger partial charge in [-0.1, -0.05) is 24.3 Å². The number of hydrogen-bond acceptors (Lipinski definition) is 3. The van der Waals surface area contributed by atoms with Crippen LogP contribution >= 0.6 is 0 Å². The quantitative estimate of drug-likeness (QED) is 0.905. The van der Waals surface area contributed by atoms with E-state index >= 15 is 0 Å². The summed E-state index contributed by atoms with van der Waals surface area (Å²) in [4.78, 5) is 13.2. The fourth-order valence-electron chi connectivity index (χ4n) is 2.79. The molecule has 1 saturated heterocycles. The molecule has 0 saturated carbocycles. The molecule has 0 aromatic heterocycles. The van der Waals surface area contributed by atoms with E-state index in [-0.39, 0.29) is 18.5 Å². The number of benzene rings is 1. The van der Waals surface area contributed by atoms with Crippen molar-refractivity contribution in [2.45, 2.75) is 32.4 Å². The van der Waals surface area contributed by atoms with E-state index < -0.39 is 5.97 Å². The minimum absolute atomic E-state index is 0.0409. The molecule has 2 atom stereocenters. The molecule has 0 radical (unpaired) electrons. The molecule has 1 aromatic carbocycles. The van der Waals surface area contributed by atoms with Gasteiger partial charge in [0.15, 0.2) is 0 Å². The fraction of sp³-hybridized carbons (Fsp3) is 0.533. The van der Waals surface area contributed by atoms with E-state index in [0.29, 0.717) is 13.2 Å². The van der Waals surface area contributed by atoms with Crippen LogP contribution in [0.2, 0.25) is 0 Å². The third-order valence-corrected chi connectivity index (χ3v) is 3.82. The minimum atomic E-state index is -0.766. The second-order valence-electron chi connectivity index (χ2n) is 5.10. The Morgan fingerprint density at radius 3 is 2.95 bits per heavy atom. The molecule has 0 amide bonds. The Hall–Kier alpha value is -1.39. The van der Waals surface area contributed by atoms with E-state index in [9.17, 15) is 4.79 Å². The van der Waals surface area contributed by atoms with Gasteiger partial charge >= 0.3 is 5.97 Å². The van der Waals surface area contributed by atoms with Crippen molar-refractivity contribution in [3.05, 3.63) is 35.4 Å². The fourth-order valence-corrected chi connectivity index (χ4v) is 2.79. The van der Waals surface area contributed by atoms with Crippen LogP contribution in [0.1, 0.15) is 30.5 Å². The van der Waals surface area contributed by atoms with Crippen LogP contribution in [0.5, 0.6) is 0 Å². The molecule has 19 heavy (non-hydrogen) atoms. The lowest BCUT2D eigenvalue weighted by atomic mass is 9.98. The van der Waals surface area contributed by atoms with Gasteiger partial charge in [0.25, 0.3) is 0 Å². The molecule has 4 heteroatoms. The van der Waals surface area contributed by atoms with Crippen LogP contribution in [0.3, 0.4) is 0 Å². The van der Waals surface area contributed by atoms with E-state index in [1.165, 1.54) is 11.1 Å². The summed E-state index contributed by atoms with van der Waals surface area (Å²) in [7, 11) is 0. The van der Waals surface area contributed by atoms with Crippen LogP contribution < -0.4 is 0 Å². The van der Waals surface area contributed by atoms with Crippen molar-refractivity contribution in [1.82, 2.24) is 4.90 Å². The van der Waals surface area contributed by atoms with Gasteiger partial charge in [0.05, 0.1) is 19.6 Å². The first kappa shape index (κ1) is 14.0. The zero-order valence-corrected chi connectivity index (χ0v) is 11.5. The topological polar surface area (TPSA) is 49.8 Å². The Balaban J connectivity index is 2.17. The van der Waals surface area contributed by atoms with Crippen LogP contribution in [0.25, 0.3) is 0 Å². The molecular weight excluding hydrogens is 242 g/mol. The van der Waals surface area contributed by atoms with Crippen molar-refractivity contribution in [2.24, 2.45) is 0 Å². The number of carboxylic acid groups (broad SMARTS) is 1. The first-order valence-corrected chi connectivity index (χ1v) is 6.70. The van der Waals surface area contributed by atoms with E-state index in [1.807, 2.05) is 12.1 Å². The number of morpholine rings is 1. The number of rotatable bonds is 4. The van der Waals surface area contributed by atoms with Crippen molar-refractivity contribution in [3.8, 4) is 0 Å². The molecule has 1 heterocycles. The Kier molecular flexibility index (Phi) is 4.56. The summed E-state index contributed by atoms with van der Waals surface area (Å²) in [6.07, 6.45) is 0.135. The summed E-state index contributed by atoms with van der Waals surface area (Å²) in [5.74, 6) is -0.766. The van der Waals surface area contributed by atoms with Crippen LogP contribution in [0.15, 0.2) is 24.3 Å². The molecule has 0 bridgehead atoms. The summed E-state index contributed by atoms with van der Waals surface area (Å²) in [6, 6.07) is 8.45. The number of nitrogens with zero attached hydrogens (tertiary/aromatic N) is 1. The Morgan fingerprint density at radius 2 is 2.26 bits per heavy atom. The van der Waals surface area contributed by atoms with Crippen LogP contribution in [-0.2, 0) is 9.53 Å². The third-order valence-electron chi connectivity index (χ3n) is 3.82. The second-order valence-corrected chi connectivity index (χ2v) is 5.10. The number of hydrogen-bond donors (Lipinski definition) is 1. The standard InChI is InChI=1S/C15H21NO3/c1-11-5-3-4-6-14(11)12(2)16-7-8-19-10-13(16)9-15(17)18/h3-6,12-13H,7-10H2,1-2H3,(H,17,18). The highest BCUT2D eigenvalue weighted by Crippen LogP contribution is 2.27. The van der Waals surface area contributed by atoms with E-state index in [1.54, 1.807) is 0 Å². The number of carboxylic acids is 1. The maximum atomic E-state index is 11.0. The van der Waals surface area contributed by atoms with Crippen LogP contribution in [-0.4, -0.2) is 41.8 Å². The molecule has 0 aliphatic carbocycles. The number of aryl methyl sites for hydroxylation is 1. The number of carbonyl (C=O) groups is 1. The molecule has 0 spiro atoms. The summed E-state index contributed by atoms with van der Waals surface area (Å²) in [6.45, 7) is 6.20. The smallest absolute Gasteiger partial charge is 0.305 e. The van der Waals surface area contributed by atoms with Gasteiger partial charge in [0, 0.05) is 18.6 Å². The largest absolute Gasteiger partial charge is 0.481 e. The first-order chi connectivity index (χ1) is 9.09. The molecule has 2 unspecified atom stereocenters. The molecule has 2 rings (SSSR count). The van der Waals surface area contributed by atoms with Crippen molar-refractivity contribution >= 4 is 5.97 Å². The molecule has 1 aliphatic rings. The van der Waals surface area contributed by atoms with Gasteiger partial charge < -0.3 is 9.84 Å². The van der Waals surface area contributed by atoms with Crippen molar-refractivity contribution < 1.29 is 14.6 Å². The molecule has 1 aliphatic heterocycles. The maximum absolute atomic E-state index is 11.0. The maximum Gasteiger partial charge on any atom is 0.305 e. The van der Waals surface area contributed by atoms with E-state index in [2.05, 4.69) is 30.9 Å². The highest BCUT2D eigenvalue weighted by molar-refractivity contribution is 5.67. The lowest BCUT2D eigenvalue weighted by Crippen LogP contribution is -2.47. The molecule has 1 aromatic rings. The lowest BCUT2D eigenvalue weighted by Gasteiger charge is -2.39. The summed E-state index contributed by atoms with van der Waals surface area (Å²) in [5, 5.41) is 9.01. The molecule has 1 fully saturated rings. The minimum Gasteiger partial charge on any atom is -0.481 e. The Labute approximate surface area is 114 Å². The highest BCUT2D eigenvalue weighted by atomic mass is 16.5. The second kappa shape index (κ2) is 6.17. The van der Waals surface area contributed by atoms with Crippen molar-refractivity contribution in [1.29, 1.82) is 0 Å². The van der Waals surface area contributed by atoms with Crippen molar-refractivity contribution in [2.75, 3.05) is 19.8 Å². The normalized spacial score (nSPS) is 22.1.